The Morgan fingerprint density at radius 3 is 2.62 bits per heavy atom. The highest BCUT2D eigenvalue weighted by atomic mass is 32.2. The fourth-order valence-electron chi connectivity index (χ4n) is 4.50. The van der Waals surface area contributed by atoms with E-state index in [2.05, 4.69) is 36.9 Å². The lowest BCUT2D eigenvalue weighted by molar-refractivity contribution is 0.260. The Labute approximate surface area is 231 Å². The molecule has 9 nitrogen and oxygen atoms in total. The van der Waals surface area contributed by atoms with Gasteiger partial charge in [-0.15, -0.1) is 0 Å². The third kappa shape index (κ3) is 6.69. The van der Waals surface area contributed by atoms with Crippen LogP contribution in [0.2, 0.25) is 0 Å². The summed E-state index contributed by atoms with van der Waals surface area (Å²) in [6.45, 7) is 1.92. The first-order chi connectivity index (χ1) is 19.3. The van der Waals surface area contributed by atoms with Gasteiger partial charge in [0.2, 0.25) is 27.7 Å². The number of piperidine rings is 1. The van der Waals surface area contributed by atoms with Gasteiger partial charge < -0.3 is 15.0 Å². The van der Waals surface area contributed by atoms with Crippen LogP contribution in [0.1, 0.15) is 18.4 Å². The average Bonchev–Trinajstić information content (AvgIpc) is 2.93. The van der Waals surface area contributed by atoms with Crippen molar-refractivity contribution in [1.82, 2.24) is 19.9 Å². The van der Waals surface area contributed by atoms with Gasteiger partial charge in [-0.3, -0.25) is 4.72 Å². The first-order valence-electron chi connectivity index (χ1n) is 12.7. The molecule has 0 amide bonds. The van der Waals surface area contributed by atoms with Gasteiger partial charge in [-0.25, -0.2) is 27.8 Å². The SMILES string of the molecule is CN1CCCC(Nc2nccc(-c3cccnc3Oc3ccc(NS(=O)(=O)Cc4ccccc4)c(F)c3F)n2)C1. The van der Waals surface area contributed by atoms with E-state index in [0.29, 0.717) is 22.8 Å². The second-order valence-corrected chi connectivity index (χ2v) is 11.3. The predicted octanol–water partition coefficient (Wildman–Crippen LogP) is 5.06. The lowest BCUT2D eigenvalue weighted by Crippen LogP contribution is -2.40. The molecule has 12 heteroatoms. The Hall–Kier alpha value is -4.16. The molecular formula is C28H28F2N6O3S. The molecule has 4 aromatic rings. The summed E-state index contributed by atoms with van der Waals surface area (Å²) in [5, 5.41) is 3.36. The van der Waals surface area contributed by atoms with E-state index >= 15 is 4.39 Å². The smallest absolute Gasteiger partial charge is 0.237 e. The molecule has 40 heavy (non-hydrogen) atoms. The van der Waals surface area contributed by atoms with E-state index < -0.39 is 38.8 Å². The Morgan fingerprint density at radius 1 is 1.00 bits per heavy atom. The summed E-state index contributed by atoms with van der Waals surface area (Å²) in [6.07, 6.45) is 5.13. The van der Waals surface area contributed by atoms with Crippen molar-refractivity contribution in [3.8, 4) is 22.9 Å². The second kappa shape index (κ2) is 11.9. The molecule has 1 atom stereocenters. The number of likely N-dealkylation sites (N-methyl/N-ethyl adjacent to an activating group) is 1. The number of pyridine rings is 1. The molecule has 3 heterocycles. The topological polar surface area (TPSA) is 109 Å². The molecule has 0 radical (unpaired) electrons. The zero-order chi connectivity index (χ0) is 28.1. The number of hydrogen-bond donors (Lipinski definition) is 2. The van der Waals surface area contributed by atoms with E-state index in [0.717, 1.165) is 38.1 Å². The minimum atomic E-state index is -3.99. The largest absolute Gasteiger partial charge is 0.435 e. The number of benzene rings is 2. The lowest BCUT2D eigenvalue weighted by Gasteiger charge is -2.30. The van der Waals surface area contributed by atoms with Gasteiger partial charge >= 0.3 is 0 Å². The Morgan fingerprint density at radius 2 is 1.82 bits per heavy atom. The number of aromatic nitrogens is 3. The number of halogens is 2. The predicted molar refractivity (Wildman–Crippen MR) is 149 cm³/mol. The first-order valence-corrected chi connectivity index (χ1v) is 14.4. The molecule has 1 aliphatic rings. The molecule has 1 saturated heterocycles. The molecule has 1 aliphatic heterocycles. The quantitative estimate of drug-likeness (QED) is 0.290. The summed E-state index contributed by atoms with van der Waals surface area (Å²) in [5.41, 5.74) is 0.909. The summed E-state index contributed by atoms with van der Waals surface area (Å²) >= 11 is 0. The van der Waals surface area contributed by atoms with Crippen LogP contribution in [-0.4, -0.2) is 54.4 Å². The monoisotopic (exact) mass is 566 g/mol. The third-order valence-electron chi connectivity index (χ3n) is 6.38. The van der Waals surface area contributed by atoms with Gasteiger partial charge in [0.25, 0.3) is 0 Å². The summed E-state index contributed by atoms with van der Waals surface area (Å²) in [5.74, 6) is -3.16. The highest BCUT2D eigenvalue weighted by Crippen LogP contribution is 2.34. The minimum absolute atomic E-state index is 0.000239. The first kappa shape index (κ1) is 27.4. The third-order valence-corrected chi connectivity index (χ3v) is 7.62. The highest BCUT2D eigenvalue weighted by Gasteiger charge is 2.22. The van der Waals surface area contributed by atoms with Crippen LogP contribution in [0.5, 0.6) is 11.6 Å². The number of anilines is 2. The van der Waals surface area contributed by atoms with Gasteiger partial charge in [-0.2, -0.15) is 4.39 Å². The molecule has 2 N–H and O–H groups in total. The average molecular weight is 567 g/mol. The van der Waals surface area contributed by atoms with Gasteiger partial charge in [0.1, 0.15) is 0 Å². The molecule has 0 aliphatic carbocycles. The Balaban J connectivity index is 1.34. The lowest BCUT2D eigenvalue weighted by atomic mass is 10.1. The van der Waals surface area contributed by atoms with Crippen molar-refractivity contribution < 1.29 is 21.9 Å². The standard InChI is InChI=1S/C28H28F2N6O3S/c1-36-16-6-9-20(17-36)33-28-32-15-13-22(34-28)21-10-5-14-31-27(21)39-24-12-11-23(25(29)26(24)30)35-40(37,38)18-19-7-3-2-4-8-19/h2-5,7-8,10-15,20,35H,6,9,16-18H2,1H3,(H,32,33,34). The number of likely N-dealkylation sites (tertiary alicyclic amines) is 1. The number of rotatable bonds is 9. The summed E-state index contributed by atoms with van der Waals surface area (Å²) in [7, 11) is -1.92. The van der Waals surface area contributed by atoms with Crippen LogP contribution in [0.4, 0.5) is 20.4 Å². The zero-order valence-corrected chi connectivity index (χ0v) is 22.5. The Kier molecular flexibility index (Phi) is 8.17. The van der Waals surface area contributed by atoms with Crippen LogP contribution < -0.4 is 14.8 Å². The molecule has 1 fully saturated rings. The van der Waals surface area contributed by atoms with Crippen LogP contribution in [0, 0.1) is 11.6 Å². The van der Waals surface area contributed by atoms with Crippen LogP contribution in [0.3, 0.4) is 0 Å². The van der Waals surface area contributed by atoms with Crippen molar-refractivity contribution in [2.24, 2.45) is 0 Å². The van der Waals surface area contributed by atoms with Crippen LogP contribution in [0.25, 0.3) is 11.3 Å². The van der Waals surface area contributed by atoms with E-state index in [4.69, 9.17) is 4.74 Å². The van der Waals surface area contributed by atoms with Crippen LogP contribution in [-0.2, 0) is 15.8 Å². The molecule has 208 valence electrons. The van der Waals surface area contributed by atoms with Crippen molar-refractivity contribution in [2.45, 2.75) is 24.6 Å². The molecule has 2 aromatic heterocycles. The minimum Gasteiger partial charge on any atom is -0.435 e. The van der Waals surface area contributed by atoms with E-state index in [9.17, 15) is 12.8 Å². The maximum atomic E-state index is 15.0. The summed E-state index contributed by atoms with van der Waals surface area (Å²) in [4.78, 5) is 15.3. The maximum absolute atomic E-state index is 15.0. The van der Waals surface area contributed by atoms with E-state index in [1.807, 2.05) is 0 Å². The summed E-state index contributed by atoms with van der Waals surface area (Å²) in [6, 6.07) is 15.9. The molecule has 5 rings (SSSR count). The number of nitrogens with zero attached hydrogens (tertiary/aromatic N) is 4. The van der Waals surface area contributed by atoms with Crippen LogP contribution >= 0.6 is 0 Å². The van der Waals surface area contributed by atoms with E-state index in [1.54, 1.807) is 54.7 Å². The summed E-state index contributed by atoms with van der Waals surface area (Å²) < 4.78 is 62.8. The number of hydrogen-bond acceptors (Lipinski definition) is 8. The molecule has 0 saturated carbocycles. The Bertz CT molecular complexity index is 1590. The van der Waals surface area contributed by atoms with Crippen molar-refractivity contribution in [3.63, 3.8) is 0 Å². The van der Waals surface area contributed by atoms with Gasteiger partial charge in [-0.05, 0) is 62.3 Å². The van der Waals surface area contributed by atoms with E-state index in [1.165, 1.54) is 6.20 Å². The fourth-order valence-corrected chi connectivity index (χ4v) is 5.70. The van der Waals surface area contributed by atoms with Gasteiger partial charge in [0, 0.05) is 25.0 Å². The number of nitrogens with one attached hydrogen (secondary N) is 2. The van der Waals surface area contributed by atoms with Crippen molar-refractivity contribution in [3.05, 3.63) is 90.3 Å². The van der Waals surface area contributed by atoms with Crippen molar-refractivity contribution >= 4 is 21.7 Å². The highest BCUT2D eigenvalue weighted by molar-refractivity contribution is 7.91. The normalized spacial score (nSPS) is 15.9. The fraction of sp³-hybridized carbons (Fsp3) is 0.250. The van der Waals surface area contributed by atoms with Gasteiger partial charge in [0.15, 0.2) is 11.6 Å². The van der Waals surface area contributed by atoms with Crippen molar-refractivity contribution in [2.75, 3.05) is 30.2 Å². The van der Waals surface area contributed by atoms with Crippen molar-refractivity contribution in [1.29, 1.82) is 0 Å². The molecule has 1 unspecified atom stereocenters. The maximum Gasteiger partial charge on any atom is 0.237 e. The van der Waals surface area contributed by atoms with Gasteiger partial charge in [-0.1, -0.05) is 30.3 Å². The number of ether oxygens (including phenoxy) is 1. The molecule has 0 spiro atoms. The number of sulfonamides is 1. The molecule has 2 aromatic carbocycles. The molecular weight excluding hydrogens is 538 g/mol. The van der Waals surface area contributed by atoms with Gasteiger partial charge in [0.05, 0.1) is 22.7 Å². The van der Waals surface area contributed by atoms with E-state index in [-0.39, 0.29) is 11.9 Å². The second-order valence-electron chi connectivity index (χ2n) is 9.56. The zero-order valence-electron chi connectivity index (χ0n) is 21.7. The molecule has 0 bridgehead atoms. The van der Waals surface area contributed by atoms with Crippen LogP contribution in [0.15, 0.2) is 73.1 Å².